The molecule has 3 bridgehead atoms. The molecule has 3 aliphatic rings. The van der Waals surface area contributed by atoms with E-state index < -0.39 is 19.9 Å². The number of rotatable bonds is 7. The van der Waals surface area contributed by atoms with Gasteiger partial charge in [-0.3, -0.25) is 0 Å². The Kier molecular flexibility index (Phi) is 6.34. The van der Waals surface area contributed by atoms with Crippen molar-refractivity contribution >= 4 is 19.9 Å². The van der Waals surface area contributed by atoms with Gasteiger partial charge < -0.3 is 0 Å². The third-order valence-electron chi connectivity index (χ3n) is 7.99. The van der Waals surface area contributed by atoms with Crippen LogP contribution in [0.25, 0.3) is 0 Å². The molecule has 0 spiro atoms. The molecule has 0 aromatic heterocycles. The number of hydrogen-bond donors (Lipinski definition) is 1. The molecule has 32 heavy (non-hydrogen) atoms. The van der Waals surface area contributed by atoms with Crippen molar-refractivity contribution in [1.82, 2.24) is 4.72 Å². The minimum Gasteiger partial charge on any atom is -0.229 e. The zero-order chi connectivity index (χ0) is 23.4. The molecule has 3 saturated carbocycles. The molecule has 0 amide bonds. The first-order valence-electron chi connectivity index (χ1n) is 12.0. The number of hydrogen-bond acceptors (Lipinski definition) is 4. The van der Waals surface area contributed by atoms with Crippen molar-refractivity contribution in [3.8, 4) is 0 Å². The molecule has 0 heterocycles. The van der Waals surface area contributed by atoms with E-state index >= 15 is 0 Å². The third-order valence-corrected chi connectivity index (χ3v) is 10.2. The van der Waals surface area contributed by atoms with E-state index in [1.165, 1.54) is 31.9 Å². The fourth-order valence-corrected chi connectivity index (χ4v) is 9.70. The summed E-state index contributed by atoms with van der Waals surface area (Å²) in [5.74, 6) is 1.18. The van der Waals surface area contributed by atoms with Gasteiger partial charge >= 0.3 is 0 Å². The molecule has 3 aliphatic carbocycles. The maximum absolute atomic E-state index is 13.3. The van der Waals surface area contributed by atoms with E-state index in [2.05, 4.69) is 25.5 Å². The molecule has 7 heteroatoms. The predicted molar refractivity (Wildman–Crippen MR) is 129 cm³/mol. The standard InChI is InChI=1S/C25H39NO4S2/c1-24(2,3)17-25-12-11-18-9-10-19(13-25)23(22(18)14-25)26-32(29,30)16-21-8-6-5-7-20(21)15-31(4,27)28/h5-8,18-19,22-23,26H,9-17H2,1-4H3. The quantitative estimate of drug-likeness (QED) is 0.614. The van der Waals surface area contributed by atoms with Crippen LogP contribution in [0.4, 0.5) is 0 Å². The van der Waals surface area contributed by atoms with Gasteiger partial charge in [0.1, 0.15) is 0 Å². The van der Waals surface area contributed by atoms with Gasteiger partial charge in [0.2, 0.25) is 10.0 Å². The van der Waals surface area contributed by atoms with E-state index in [-0.39, 0.29) is 23.0 Å². The van der Waals surface area contributed by atoms with Gasteiger partial charge in [-0.1, -0.05) is 45.0 Å². The highest BCUT2D eigenvalue weighted by Crippen LogP contribution is 2.61. The molecule has 3 fully saturated rings. The van der Waals surface area contributed by atoms with Gasteiger partial charge in [0.15, 0.2) is 9.84 Å². The predicted octanol–water partition coefficient (Wildman–Crippen LogP) is 4.67. The Morgan fingerprint density at radius 2 is 1.56 bits per heavy atom. The van der Waals surface area contributed by atoms with Crippen LogP contribution < -0.4 is 4.72 Å². The van der Waals surface area contributed by atoms with Crippen LogP contribution in [0.3, 0.4) is 0 Å². The lowest BCUT2D eigenvalue weighted by atomic mass is 9.47. The highest BCUT2D eigenvalue weighted by molar-refractivity contribution is 7.90. The lowest BCUT2D eigenvalue weighted by molar-refractivity contribution is -0.0717. The fourth-order valence-electron chi connectivity index (χ4n) is 7.30. The molecular weight excluding hydrogens is 442 g/mol. The van der Waals surface area contributed by atoms with E-state index in [1.54, 1.807) is 24.3 Å². The third kappa shape index (κ3) is 5.58. The van der Waals surface area contributed by atoms with Crippen LogP contribution in [-0.4, -0.2) is 29.1 Å². The molecule has 5 nitrogen and oxygen atoms in total. The molecule has 4 rings (SSSR count). The van der Waals surface area contributed by atoms with E-state index in [9.17, 15) is 16.8 Å². The number of sulfone groups is 1. The number of nitrogens with one attached hydrogen (secondary N) is 1. The molecule has 1 N–H and O–H groups in total. The van der Waals surface area contributed by atoms with Crippen molar-refractivity contribution in [2.24, 2.45) is 28.6 Å². The first-order valence-corrected chi connectivity index (χ1v) is 15.7. The Hall–Kier alpha value is -0.920. The average Bonchev–Trinajstić information content (AvgIpc) is 2.60. The van der Waals surface area contributed by atoms with Gasteiger partial charge in [0.05, 0.1) is 11.5 Å². The van der Waals surface area contributed by atoms with Crippen LogP contribution in [-0.2, 0) is 31.4 Å². The molecule has 0 aliphatic heterocycles. The van der Waals surface area contributed by atoms with Crippen molar-refractivity contribution in [3.63, 3.8) is 0 Å². The summed E-state index contributed by atoms with van der Waals surface area (Å²) in [4.78, 5) is 0. The van der Waals surface area contributed by atoms with Crippen molar-refractivity contribution in [2.75, 3.05) is 6.26 Å². The minimum atomic E-state index is -3.57. The average molecular weight is 482 g/mol. The maximum atomic E-state index is 13.3. The second kappa shape index (κ2) is 8.38. The summed E-state index contributed by atoms with van der Waals surface area (Å²) in [5.41, 5.74) is 1.82. The molecule has 180 valence electrons. The molecule has 5 atom stereocenters. The first kappa shape index (κ1) is 24.2. The molecular formula is C25H39NO4S2. The number of sulfonamides is 1. The van der Waals surface area contributed by atoms with Gasteiger partial charge in [0.25, 0.3) is 0 Å². The van der Waals surface area contributed by atoms with Crippen LogP contribution >= 0.6 is 0 Å². The first-order chi connectivity index (χ1) is 14.7. The molecule has 1 aromatic rings. The summed E-state index contributed by atoms with van der Waals surface area (Å²) in [6.45, 7) is 6.98. The van der Waals surface area contributed by atoms with Crippen LogP contribution in [0.5, 0.6) is 0 Å². The van der Waals surface area contributed by atoms with Crippen LogP contribution in [0.15, 0.2) is 24.3 Å². The van der Waals surface area contributed by atoms with Crippen molar-refractivity contribution < 1.29 is 16.8 Å². The monoisotopic (exact) mass is 481 g/mol. The highest BCUT2D eigenvalue weighted by Gasteiger charge is 2.55. The molecule has 0 saturated heterocycles. The van der Waals surface area contributed by atoms with Crippen LogP contribution in [0, 0.1) is 28.6 Å². The largest absolute Gasteiger partial charge is 0.229 e. The summed E-state index contributed by atoms with van der Waals surface area (Å²) in [6.07, 6.45) is 9.54. The summed E-state index contributed by atoms with van der Waals surface area (Å²) < 4.78 is 53.3. The van der Waals surface area contributed by atoms with Gasteiger partial charge in [-0.25, -0.2) is 21.6 Å². The van der Waals surface area contributed by atoms with Gasteiger partial charge in [-0.05, 0) is 84.7 Å². The van der Waals surface area contributed by atoms with Crippen LogP contribution in [0.1, 0.15) is 76.8 Å². The van der Waals surface area contributed by atoms with Gasteiger partial charge in [0, 0.05) is 12.3 Å². The zero-order valence-electron chi connectivity index (χ0n) is 19.9. The lowest BCUT2D eigenvalue weighted by Crippen LogP contribution is -2.59. The Labute approximate surface area is 194 Å². The van der Waals surface area contributed by atoms with E-state index in [0.717, 1.165) is 19.3 Å². The summed E-state index contributed by atoms with van der Waals surface area (Å²) in [7, 11) is -6.81. The summed E-state index contributed by atoms with van der Waals surface area (Å²) >= 11 is 0. The second-order valence-electron chi connectivity index (χ2n) is 12.2. The van der Waals surface area contributed by atoms with Crippen molar-refractivity contribution in [3.05, 3.63) is 35.4 Å². The fraction of sp³-hybridized carbons (Fsp3) is 0.760. The smallest absolute Gasteiger partial charge is 0.216 e. The van der Waals surface area contributed by atoms with Crippen molar-refractivity contribution in [1.29, 1.82) is 0 Å². The summed E-state index contributed by atoms with van der Waals surface area (Å²) in [6, 6.07) is 7.02. The maximum Gasteiger partial charge on any atom is 0.216 e. The van der Waals surface area contributed by atoms with Crippen LogP contribution in [0.2, 0.25) is 0 Å². The Morgan fingerprint density at radius 3 is 2.19 bits per heavy atom. The Balaban J connectivity index is 1.53. The number of fused-ring (bicyclic) bond motifs is 2. The SMILES string of the molecule is CC(C)(C)CC12CCC3CCC(C1)C(NS(=O)(=O)Cc1ccccc1CS(C)(=O)=O)C3C2. The molecule has 5 unspecified atom stereocenters. The highest BCUT2D eigenvalue weighted by atomic mass is 32.2. The zero-order valence-corrected chi connectivity index (χ0v) is 21.6. The summed E-state index contributed by atoms with van der Waals surface area (Å²) in [5, 5.41) is 0. The van der Waals surface area contributed by atoms with E-state index in [0.29, 0.717) is 34.3 Å². The normalized spacial score (nSPS) is 32.8. The Morgan fingerprint density at radius 1 is 0.938 bits per heavy atom. The lowest BCUT2D eigenvalue weighted by Gasteiger charge is -2.59. The van der Waals surface area contributed by atoms with E-state index in [4.69, 9.17) is 0 Å². The van der Waals surface area contributed by atoms with Gasteiger partial charge in [-0.2, -0.15) is 0 Å². The molecule has 0 radical (unpaired) electrons. The van der Waals surface area contributed by atoms with E-state index in [1.807, 2.05) is 0 Å². The Bertz CT molecular complexity index is 1050. The topological polar surface area (TPSA) is 80.3 Å². The number of benzene rings is 1. The minimum absolute atomic E-state index is 0.0224. The molecule has 1 aromatic carbocycles. The second-order valence-corrected chi connectivity index (χ2v) is 16.1. The van der Waals surface area contributed by atoms with Crippen molar-refractivity contribution in [2.45, 2.75) is 83.3 Å². The van der Waals surface area contributed by atoms with Gasteiger partial charge in [-0.15, -0.1) is 0 Å².